The van der Waals surface area contributed by atoms with Crippen LogP contribution in [0.25, 0.3) is 0 Å². The molecule has 2 unspecified atom stereocenters. The summed E-state index contributed by atoms with van der Waals surface area (Å²) < 4.78 is 0. The van der Waals surface area contributed by atoms with E-state index in [9.17, 15) is 9.59 Å². The van der Waals surface area contributed by atoms with Crippen LogP contribution in [0, 0.1) is 0 Å². The molecule has 168 valence electrons. The largest absolute Gasteiger partial charge is 0.352 e. The lowest BCUT2D eigenvalue weighted by Crippen LogP contribution is -2.51. The first-order chi connectivity index (χ1) is 14.9. The lowest BCUT2D eigenvalue weighted by Gasteiger charge is -2.31. The van der Waals surface area contributed by atoms with E-state index >= 15 is 0 Å². The van der Waals surface area contributed by atoms with E-state index in [2.05, 4.69) is 5.32 Å². The van der Waals surface area contributed by atoms with Gasteiger partial charge in [0, 0.05) is 28.4 Å². The predicted molar refractivity (Wildman–Crippen MR) is 132 cm³/mol. The molecule has 2 atom stereocenters. The van der Waals surface area contributed by atoms with E-state index in [0.717, 1.165) is 17.5 Å². The van der Waals surface area contributed by atoms with Crippen molar-refractivity contribution in [2.24, 2.45) is 0 Å². The zero-order chi connectivity index (χ0) is 22.8. The Kier molecular flexibility index (Phi) is 10.7. The first kappa shape index (κ1) is 25.6. The Balaban J connectivity index is 2.16. The van der Waals surface area contributed by atoms with Gasteiger partial charge < -0.3 is 10.2 Å². The van der Waals surface area contributed by atoms with Gasteiger partial charge in [-0.25, -0.2) is 0 Å². The van der Waals surface area contributed by atoms with Crippen LogP contribution in [-0.4, -0.2) is 34.6 Å². The quantitative estimate of drug-likeness (QED) is 0.432. The van der Waals surface area contributed by atoms with Gasteiger partial charge in [0.1, 0.15) is 6.04 Å². The highest BCUT2D eigenvalue weighted by Gasteiger charge is 2.29. The Bertz CT molecular complexity index is 878. The third-order valence-electron chi connectivity index (χ3n) is 5.13. The van der Waals surface area contributed by atoms with Crippen molar-refractivity contribution in [2.45, 2.75) is 58.0 Å². The number of thioether (sulfide) groups is 1. The van der Waals surface area contributed by atoms with Crippen LogP contribution in [0.15, 0.2) is 48.5 Å². The molecule has 0 fully saturated rings. The maximum absolute atomic E-state index is 13.2. The van der Waals surface area contributed by atoms with Gasteiger partial charge in [0.2, 0.25) is 11.8 Å². The van der Waals surface area contributed by atoms with Gasteiger partial charge in [-0.2, -0.15) is 0 Å². The number of rotatable bonds is 11. The predicted octanol–water partition coefficient (Wildman–Crippen LogP) is 5.95. The average Bonchev–Trinajstić information content (AvgIpc) is 2.76. The Morgan fingerprint density at radius 2 is 1.55 bits per heavy atom. The lowest BCUT2D eigenvalue weighted by atomic mass is 10.1. The summed E-state index contributed by atoms with van der Waals surface area (Å²) in [6, 6.07) is 14.5. The highest BCUT2D eigenvalue weighted by Crippen LogP contribution is 2.23. The highest BCUT2D eigenvalue weighted by atomic mass is 35.5. The van der Waals surface area contributed by atoms with Gasteiger partial charge in [0.25, 0.3) is 0 Å². The normalized spacial score (nSPS) is 12.8. The van der Waals surface area contributed by atoms with Crippen LogP contribution in [0.3, 0.4) is 0 Å². The second-order valence-corrected chi connectivity index (χ2v) is 9.24. The number of carbonyl (C=O) groups is 2. The minimum Gasteiger partial charge on any atom is -0.352 e. The summed E-state index contributed by atoms with van der Waals surface area (Å²) in [5.41, 5.74) is 1.81. The van der Waals surface area contributed by atoms with Crippen molar-refractivity contribution in [2.75, 3.05) is 5.75 Å². The number of halogens is 2. The van der Waals surface area contributed by atoms with Gasteiger partial charge in [-0.1, -0.05) is 73.4 Å². The summed E-state index contributed by atoms with van der Waals surface area (Å²) in [7, 11) is 0. The molecule has 31 heavy (non-hydrogen) atoms. The van der Waals surface area contributed by atoms with Crippen LogP contribution >= 0.6 is 35.0 Å². The van der Waals surface area contributed by atoms with Crippen LogP contribution < -0.4 is 5.32 Å². The summed E-state index contributed by atoms with van der Waals surface area (Å²) in [6.45, 7) is 6.19. The molecule has 0 aliphatic rings. The van der Waals surface area contributed by atoms with Crippen LogP contribution in [0.1, 0.15) is 44.7 Å². The third kappa shape index (κ3) is 7.74. The van der Waals surface area contributed by atoms with Crippen molar-refractivity contribution in [3.05, 3.63) is 69.7 Å². The summed E-state index contributed by atoms with van der Waals surface area (Å²) >= 11 is 14.1. The van der Waals surface area contributed by atoms with E-state index in [4.69, 9.17) is 23.2 Å². The Hall–Kier alpha value is -1.69. The van der Waals surface area contributed by atoms with Gasteiger partial charge in [-0.15, -0.1) is 11.8 Å². The molecule has 0 bridgehead atoms. The second kappa shape index (κ2) is 13.0. The summed E-state index contributed by atoms with van der Waals surface area (Å²) in [5, 5.41) is 4.29. The van der Waals surface area contributed by atoms with Gasteiger partial charge in [0.05, 0.1) is 5.75 Å². The van der Waals surface area contributed by atoms with E-state index in [1.807, 2.05) is 63.2 Å². The summed E-state index contributed by atoms with van der Waals surface area (Å²) in [6.07, 6.45) is 1.35. The van der Waals surface area contributed by atoms with E-state index in [0.29, 0.717) is 22.2 Å². The zero-order valence-electron chi connectivity index (χ0n) is 18.2. The zero-order valence-corrected chi connectivity index (χ0v) is 20.6. The molecule has 2 aromatic carbocycles. The van der Waals surface area contributed by atoms with E-state index < -0.39 is 6.04 Å². The third-order valence-corrected chi connectivity index (χ3v) is 6.83. The average molecular weight is 481 g/mol. The summed E-state index contributed by atoms with van der Waals surface area (Å²) in [5.74, 6) is 0.653. The highest BCUT2D eigenvalue weighted by molar-refractivity contribution is 7.99. The number of nitrogens with one attached hydrogen (secondary N) is 1. The molecule has 0 aromatic heterocycles. The summed E-state index contributed by atoms with van der Waals surface area (Å²) in [4.78, 5) is 27.8. The fraction of sp³-hybridized carbons (Fsp3) is 0.417. The fourth-order valence-corrected chi connectivity index (χ4v) is 4.51. The molecule has 4 nitrogen and oxygen atoms in total. The number of nitrogens with zero attached hydrogens (tertiary/aromatic N) is 1. The molecule has 0 aliphatic carbocycles. The number of carbonyl (C=O) groups excluding carboxylic acids is 2. The molecular weight excluding hydrogens is 451 g/mol. The number of hydrogen-bond acceptors (Lipinski definition) is 3. The Morgan fingerprint density at radius 3 is 2.10 bits per heavy atom. The van der Waals surface area contributed by atoms with Crippen molar-refractivity contribution >= 4 is 46.8 Å². The van der Waals surface area contributed by atoms with Crippen molar-refractivity contribution < 1.29 is 9.59 Å². The van der Waals surface area contributed by atoms with Gasteiger partial charge in [0.15, 0.2) is 0 Å². The van der Waals surface area contributed by atoms with E-state index in [1.54, 1.807) is 11.0 Å². The molecule has 7 heteroatoms. The van der Waals surface area contributed by atoms with Crippen molar-refractivity contribution in [1.29, 1.82) is 0 Å². The molecular formula is C24H30Cl2N2O2S. The lowest BCUT2D eigenvalue weighted by molar-refractivity contribution is -0.139. The van der Waals surface area contributed by atoms with Gasteiger partial charge in [-0.05, 0) is 43.0 Å². The second-order valence-electron chi connectivity index (χ2n) is 7.44. The molecule has 0 heterocycles. The number of hydrogen-bond donors (Lipinski definition) is 1. The fourth-order valence-electron chi connectivity index (χ4n) is 3.12. The Labute approximate surface area is 199 Å². The minimum absolute atomic E-state index is 0.0495. The van der Waals surface area contributed by atoms with E-state index in [-0.39, 0.29) is 30.2 Å². The van der Waals surface area contributed by atoms with Crippen LogP contribution in [0.2, 0.25) is 10.0 Å². The smallest absolute Gasteiger partial charge is 0.243 e. The minimum atomic E-state index is -0.557. The molecule has 0 spiro atoms. The molecule has 0 saturated heterocycles. The molecule has 2 rings (SSSR count). The Morgan fingerprint density at radius 1 is 0.968 bits per heavy atom. The standard InChI is InChI=1S/C24H30Cl2N2O2S/c1-4-17(3)27-24(30)22(5-2)28(14-18-10-6-8-12-20(18)25)23(29)16-31-15-19-11-7-9-13-21(19)26/h6-13,17,22H,4-5,14-16H2,1-3H3,(H,27,30). The van der Waals surface area contributed by atoms with Crippen LogP contribution in [-0.2, 0) is 21.9 Å². The maximum Gasteiger partial charge on any atom is 0.243 e. The van der Waals surface area contributed by atoms with Gasteiger partial charge >= 0.3 is 0 Å². The SMILES string of the molecule is CCC(C)NC(=O)C(CC)N(Cc1ccccc1Cl)C(=O)CSCc1ccccc1Cl. The van der Waals surface area contributed by atoms with Gasteiger partial charge in [-0.3, -0.25) is 9.59 Å². The number of amides is 2. The molecule has 0 saturated carbocycles. The molecule has 0 aliphatic heterocycles. The monoisotopic (exact) mass is 480 g/mol. The van der Waals surface area contributed by atoms with Crippen molar-refractivity contribution in [3.8, 4) is 0 Å². The van der Waals surface area contributed by atoms with Crippen LogP contribution in [0.5, 0.6) is 0 Å². The maximum atomic E-state index is 13.2. The molecule has 1 N–H and O–H groups in total. The first-order valence-corrected chi connectivity index (χ1v) is 12.4. The van der Waals surface area contributed by atoms with Crippen molar-refractivity contribution in [3.63, 3.8) is 0 Å². The van der Waals surface area contributed by atoms with Crippen LogP contribution in [0.4, 0.5) is 0 Å². The molecule has 0 radical (unpaired) electrons. The first-order valence-electron chi connectivity index (χ1n) is 10.5. The number of benzene rings is 2. The molecule has 2 aromatic rings. The van der Waals surface area contributed by atoms with E-state index in [1.165, 1.54) is 11.8 Å². The topological polar surface area (TPSA) is 49.4 Å². The molecule has 2 amide bonds. The van der Waals surface area contributed by atoms with Crippen molar-refractivity contribution in [1.82, 2.24) is 10.2 Å².